The maximum atomic E-state index is 13.3. The summed E-state index contributed by atoms with van der Waals surface area (Å²) in [7, 11) is 1.58. The van der Waals surface area contributed by atoms with Gasteiger partial charge in [0.1, 0.15) is 18.2 Å². The molecule has 20 heavy (non-hydrogen) atoms. The van der Waals surface area contributed by atoms with E-state index in [1.54, 1.807) is 13.2 Å². The highest BCUT2D eigenvalue weighted by molar-refractivity contribution is 5.85. The third-order valence-electron chi connectivity index (χ3n) is 2.24. The zero-order valence-corrected chi connectivity index (χ0v) is 11.2. The number of carboxylic acid groups (broad SMARTS) is 1. The average Bonchev–Trinajstić information content (AvgIpc) is 2.40. The van der Waals surface area contributed by atoms with E-state index in [1.165, 1.54) is 18.2 Å². The van der Waals surface area contributed by atoms with Crippen molar-refractivity contribution < 1.29 is 28.5 Å². The van der Waals surface area contributed by atoms with Crippen LogP contribution in [-0.2, 0) is 14.3 Å². The van der Waals surface area contributed by atoms with Gasteiger partial charge < -0.3 is 19.3 Å². The minimum atomic E-state index is -1.09. The van der Waals surface area contributed by atoms with Crippen LogP contribution in [0, 0.1) is 5.82 Å². The lowest BCUT2D eigenvalue weighted by Gasteiger charge is -2.08. The lowest BCUT2D eigenvalue weighted by Crippen LogP contribution is -2.10. The highest BCUT2D eigenvalue weighted by atomic mass is 19.1. The van der Waals surface area contributed by atoms with Gasteiger partial charge in [0.2, 0.25) is 0 Å². The lowest BCUT2D eigenvalue weighted by molar-refractivity contribution is -0.131. The molecule has 0 heterocycles. The number of aliphatic carboxylic acids is 1. The summed E-state index contributed by atoms with van der Waals surface area (Å²) in [6.07, 6.45) is 2.24. The summed E-state index contributed by atoms with van der Waals surface area (Å²) in [5, 5.41) is 8.52. The maximum absolute atomic E-state index is 13.3. The molecule has 0 saturated carbocycles. The van der Waals surface area contributed by atoms with Crippen molar-refractivity contribution in [1.82, 2.24) is 0 Å². The van der Waals surface area contributed by atoms with Crippen LogP contribution in [0.2, 0.25) is 0 Å². The molecule has 1 aromatic carbocycles. The Balaban J connectivity index is 2.47. The zero-order chi connectivity index (χ0) is 14.8. The highest BCUT2D eigenvalue weighted by Gasteiger charge is 2.01. The van der Waals surface area contributed by atoms with E-state index in [0.29, 0.717) is 31.1 Å². The van der Waals surface area contributed by atoms with Crippen molar-refractivity contribution in [2.45, 2.75) is 0 Å². The first-order valence-corrected chi connectivity index (χ1v) is 6.03. The van der Waals surface area contributed by atoms with E-state index in [2.05, 4.69) is 0 Å². The third-order valence-corrected chi connectivity index (χ3v) is 2.24. The van der Waals surface area contributed by atoms with Gasteiger partial charge in [-0.2, -0.15) is 0 Å². The monoisotopic (exact) mass is 284 g/mol. The van der Waals surface area contributed by atoms with Gasteiger partial charge in [-0.25, -0.2) is 9.18 Å². The summed E-state index contributed by atoms with van der Waals surface area (Å²) in [5.41, 5.74) is 0.419. The molecule has 0 unspecified atom stereocenters. The van der Waals surface area contributed by atoms with Crippen LogP contribution in [0.1, 0.15) is 5.56 Å². The van der Waals surface area contributed by atoms with Crippen molar-refractivity contribution in [3.8, 4) is 5.75 Å². The standard InChI is InChI=1S/C14H17FO5/c1-18-4-5-19-6-7-20-13-9-11(2-3-14(16)17)8-12(15)10-13/h2-3,8-10H,4-7H2,1H3,(H,16,17)/b3-2+. The van der Waals surface area contributed by atoms with Gasteiger partial charge in [-0.3, -0.25) is 0 Å². The van der Waals surface area contributed by atoms with E-state index in [0.717, 1.165) is 6.08 Å². The largest absolute Gasteiger partial charge is 0.491 e. The van der Waals surface area contributed by atoms with Crippen LogP contribution in [-0.4, -0.2) is 44.6 Å². The molecule has 0 bridgehead atoms. The quantitative estimate of drug-likeness (QED) is 0.555. The number of hydrogen-bond donors (Lipinski definition) is 1. The van der Waals surface area contributed by atoms with Crippen molar-refractivity contribution in [1.29, 1.82) is 0 Å². The van der Waals surface area contributed by atoms with Crippen LogP contribution >= 0.6 is 0 Å². The van der Waals surface area contributed by atoms with Crippen LogP contribution in [0.4, 0.5) is 4.39 Å². The van der Waals surface area contributed by atoms with E-state index in [1.807, 2.05) is 0 Å². The smallest absolute Gasteiger partial charge is 0.328 e. The second kappa shape index (κ2) is 9.06. The number of carboxylic acids is 1. The van der Waals surface area contributed by atoms with Gasteiger partial charge in [-0.1, -0.05) is 0 Å². The maximum Gasteiger partial charge on any atom is 0.328 e. The van der Waals surface area contributed by atoms with Crippen molar-refractivity contribution in [3.05, 3.63) is 35.7 Å². The molecule has 0 aliphatic heterocycles. The van der Waals surface area contributed by atoms with Crippen molar-refractivity contribution in [2.24, 2.45) is 0 Å². The van der Waals surface area contributed by atoms with Gasteiger partial charge in [0.05, 0.1) is 19.8 Å². The van der Waals surface area contributed by atoms with Gasteiger partial charge in [-0.15, -0.1) is 0 Å². The first-order chi connectivity index (χ1) is 9.61. The summed E-state index contributed by atoms with van der Waals surface area (Å²) >= 11 is 0. The molecule has 0 aliphatic carbocycles. The first kappa shape index (κ1) is 16.1. The highest BCUT2D eigenvalue weighted by Crippen LogP contribution is 2.17. The van der Waals surface area contributed by atoms with Crippen molar-refractivity contribution >= 4 is 12.0 Å². The molecule has 6 heteroatoms. The molecule has 0 fully saturated rings. The second-order valence-corrected chi connectivity index (χ2v) is 3.85. The number of rotatable bonds is 9. The van der Waals surface area contributed by atoms with Gasteiger partial charge in [0.15, 0.2) is 0 Å². The van der Waals surface area contributed by atoms with Crippen LogP contribution in [0.15, 0.2) is 24.3 Å². The number of methoxy groups -OCH3 is 1. The molecule has 0 atom stereocenters. The van der Waals surface area contributed by atoms with Gasteiger partial charge >= 0.3 is 5.97 Å². The predicted octanol–water partition coefficient (Wildman–Crippen LogP) is 1.97. The molecule has 0 radical (unpaired) electrons. The normalized spacial score (nSPS) is 10.9. The summed E-state index contributed by atoms with van der Waals surface area (Å²) in [6.45, 7) is 1.61. The van der Waals surface area contributed by atoms with E-state index in [4.69, 9.17) is 19.3 Å². The lowest BCUT2D eigenvalue weighted by atomic mass is 10.2. The topological polar surface area (TPSA) is 65.0 Å². The van der Waals surface area contributed by atoms with E-state index in [9.17, 15) is 9.18 Å². The molecule has 0 aliphatic rings. The Bertz CT molecular complexity index is 459. The van der Waals surface area contributed by atoms with Crippen LogP contribution in [0.3, 0.4) is 0 Å². The van der Waals surface area contributed by atoms with E-state index in [-0.39, 0.29) is 6.61 Å². The molecule has 0 spiro atoms. The summed E-state index contributed by atoms with van der Waals surface area (Å²) in [6, 6.07) is 4.01. The number of benzene rings is 1. The Hall–Kier alpha value is -1.92. The Morgan fingerprint density at radius 2 is 2.00 bits per heavy atom. The Kier molecular flexibility index (Phi) is 7.31. The fraction of sp³-hybridized carbons (Fsp3) is 0.357. The SMILES string of the molecule is COCCOCCOc1cc(F)cc(/C=C/C(=O)O)c1. The Labute approximate surface area is 116 Å². The van der Waals surface area contributed by atoms with Crippen LogP contribution in [0.25, 0.3) is 6.08 Å². The van der Waals surface area contributed by atoms with Gasteiger partial charge in [0, 0.05) is 19.3 Å². The fourth-order valence-electron chi connectivity index (χ4n) is 1.39. The minimum absolute atomic E-state index is 0.273. The molecule has 0 saturated heterocycles. The number of halogens is 1. The van der Waals surface area contributed by atoms with E-state index >= 15 is 0 Å². The minimum Gasteiger partial charge on any atom is -0.491 e. The predicted molar refractivity (Wildman–Crippen MR) is 71.3 cm³/mol. The summed E-state index contributed by atoms with van der Waals surface area (Å²) in [4.78, 5) is 10.4. The molecule has 1 rings (SSSR count). The van der Waals surface area contributed by atoms with E-state index < -0.39 is 11.8 Å². The Morgan fingerprint density at radius 1 is 1.25 bits per heavy atom. The molecular formula is C14H17FO5. The number of ether oxygens (including phenoxy) is 3. The molecular weight excluding hydrogens is 267 g/mol. The van der Waals surface area contributed by atoms with Crippen LogP contribution < -0.4 is 4.74 Å². The van der Waals surface area contributed by atoms with Crippen molar-refractivity contribution in [2.75, 3.05) is 33.5 Å². The van der Waals surface area contributed by atoms with Gasteiger partial charge in [-0.05, 0) is 23.8 Å². The summed E-state index contributed by atoms with van der Waals surface area (Å²) in [5.74, 6) is -1.26. The zero-order valence-electron chi connectivity index (χ0n) is 11.2. The van der Waals surface area contributed by atoms with Gasteiger partial charge in [0.25, 0.3) is 0 Å². The Morgan fingerprint density at radius 3 is 2.70 bits per heavy atom. The molecule has 5 nitrogen and oxygen atoms in total. The first-order valence-electron chi connectivity index (χ1n) is 6.03. The molecule has 1 N–H and O–H groups in total. The molecule has 1 aromatic rings. The molecule has 110 valence electrons. The fourth-order valence-corrected chi connectivity index (χ4v) is 1.39. The van der Waals surface area contributed by atoms with Crippen LogP contribution in [0.5, 0.6) is 5.75 Å². The third kappa shape index (κ3) is 6.86. The summed E-state index contributed by atoms with van der Waals surface area (Å²) < 4.78 is 28.7. The molecule has 0 aromatic heterocycles. The second-order valence-electron chi connectivity index (χ2n) is 3.85. The average molecular weight is 284 g/mol. The number of hydrogen-bond acceptors (Lipinski definition) is 4. The molecule has 0 amide bonds. The number of carbonyl (C=O) groups is 1. The van der Waals surface area contributed by atoms with Crippen molar-refractivity contribution in [3.63, 3.8) is 0 Å².